The van der Waals surface area contributed by atoms with E-state index in [0.29, 0.717) is 18.1 Å². The fraction of sp³-hybridized carbons (Fsp3) is 0.471. The second kappa shape index (κ2) is 7.32. The molecule has 0 atom stereocenters. The van der Waals surface area contributed by atoms with Gasteiger partial charge in [-0.05, 0) is 37.7 Å². The number of anilines is 1. The maximum atomic E-state index is 9.40. The zero-order valence-corrected chi connectivity index (χ0v) is 14.1. The lowest BCUT2D eigenvalue weighted by molar-refractivity contribution is 0.270. The molecule has 1 aliphatic heterocycles. The molecule has 2 heterocycles. The Morgan fingerprint density at radius 2 is 1.79 bits per heavy atom. The Morgan fingerprint density at radius 3 is 2.38 bits per heavy atom. The maximum Gasteiger partial charge on any atom is 0.207 e. The number of aromatic nitrogens is 3. The predicted octanol–water partition coefficient (Wildman–Crippen LogP) is 1.68. The number of nitriles is 1. The van der Waals surface area contributed by atoms with Crippen molar-refractivity contribution in [3.63, 3.8) is 0 Å². The third kappa shape index (κ3) is 3.34. The summed E-state index contributed by atoms with van der Waals surface area (Å²) in [5.74, 6) is 1.48. The predicted molar refractivity (Wildman–Crippen MR) is 91.6 cm³/mol. The van der Waals surface area contributed by atoms with Crippen molar-refractivity contribution in [3.8, 4) is 17.5 Å². The third-order valence-corrected chi connectivity index (χ3v) is 4.20. The van der Waals surface area contributed by atoms with Gasteiger partial charge >= 0.3 is 0 Å². The summed E-state index contributed by atoms with van der Waals surface area (Å²) in [4.78, 5) is 6.05. The highest BCUT2D eigenvalue weighted by atomic mass is 16.5. The second-order valence-corrected chi connectivity index (χ2v) is 5.62. The Balaban J connectivity index is 1.81. The summed E-state index contributed by atoms with van der Waals surface area (Å²) >= 11 is 0. The molecule has 3 rings (SSSR count). The van der Waals surface area contributed by atoms with Crippen LogP contribution in [0.25, 0.3) is 5.69 Å². The molecule has 24 heavy (non-hydrogen) atoms. The van der Waals surface area contributed by atoms with Crippen molar-refractivity contribution in [1.82, 2.24) is 19.9 Å². The van der Waals surface area contributed by atoms with Gasteiger partial charge in [-0.15, -0.1) is 15.0 Å². The first-order chi connectivity index (χ1) is 11.7. The van der Waals surface area contributed by atoms with Crippen LogP contribution in [0.3, 0.4) is 0 Å². The molecule has 7 nitrogen and oxygen atoms in total. The Morgan fingerprint density at radius 1 is 1.08 bits per heavy atom. The van der Waals surface area contributed by atoms with Crippen LogP contribution in [0, 0.1) is 11.3 Å². The average molecular weight is 326 g/mol. The van der Waals surface area contributed by atoms with E-state index in [9.17, 15) is 5.26 Å². The molecule has 1 aromatic carbocycles. The van der Waals surface area contributed by atoms with E-state index in [0.717, 1.165) is 44.2 Å². The van der Waals surface area contributed by atoms with Crippen molar-refractivity contribution < 1.29 is 4.74 Å². The van der Waals surface area contributed by atoms with Crippen molar-refractivity contribution in [2.45, 2.75) is 13.8 Å². The van der Waals surface area contributed by atoms with E-state index >= 15 is 0 Å². The van der Waals surface area contributed by atoms with E-state index < -0.39 is 0 Å². The number of rotatable bonds is 5. The Labute approximate surface area is 142 Å². The number of nitrogens with zero attached hydrogens (tertiary/aromatic N) is 6. The van der Waals surface area contributed by atoms with Crippen LogP contribution >= 0.6 is 0 Å². The first-order valence-electron chi connectivity index (χ1n) is 8.33. The third-order valence-electron chi connectivity index (χ3n) is 4.20. The van der Waals surface area contributed by atoms with Gasteiger partial charge in [0.2, 0.25) is 5.69 Å². The molecule has 1 saturated heterocycles. The summed E-state index contributed by atoms with van der Waals surface area (Å²) in [6.07, 6.45) is 0. The van der Waals surface area contributed by atoms with Gasteiger partial charge in [-0.2, -0.15) is 5.26 Å². The fourth-order valence-electron chi connectivity index (χ4n) is 2.82. The number of benzene rings is 1. The summed E-state index contributed by atoms with van der Waals surface area (Å²) < 4.78 is 5.45. The van der Waals surface area contributed by atoms with Gasteiger partial charge in [0.1, 0.15) is 11.8 Å². The molecule has 0 bridgehead atoms. The van der Waals surface area contributed by atoms with E-state index in [1.807, 2.05) is 31.2 Å². The van der Waals surface area contributed by atoms with Crippen molar-refractivity contribution >= 4 is 5.82 Å². The Hall–Kier alpha value is -2.59. The monoisotopic (exact) mass is 326 g/mol. The smallest absolute Gasteiger partial charge is 0.207 e. The number of likely N-dealkylation sites (N-methyl/N-ethyl adjacent to an activating group) is 1. The molecule has 1 fully saturated rings. The van der Waals surface area contributed by atoms with Gasteiger partial charge in [-0.1, -0.05) is 6.92 Å². The standard InChI is InChI=1S/C17H22N6O/c1-3-21-9-11-22(12-10-21)17-16(13-18)19-23(20-17)14-5-7-15(8-6-14)24-4-2/h5-8H,3-4,9-12H2,1-2H3. The van der Waals surface area contributed by atoms with Crippen molar-refractivity contribution in [2.75, 3.05) is 44.2 Å². The summed E-state index contributed by atoms with van der Waals surface area (Å²) in [6.45, 7) is 9.50. The topological polar surface area (TPSA) is 70.2 Å². The van der Waals surface area contributed by atoms with E-state index in [2.05, 4.69) is 33.0 Å². The first kappa shape index (κ1) is 16.3. The van der Waals surface area contributed by atoms with Crippen molar-refractivity contribution in [1.29, 1.82) is 5.26 Å². The van der Waals surface area contributed by atoms with Gasteiger partial charge in [0.05, 0.1) is 12.3 Å². The fourth-order valence-corrected chi connectivity index (χ4v) is 2.82. The molecule has 0 amide bonds. The van der Waals surface area contributed by atoms with E-state index in [4.69, 9.17) is 4.74 Å². The summed E-state index contributed by atoms with van der Waals surface area (Å²) in [6, 6.07) is 9.72. The molecule has 126 valence electrons. The maximum absolute atomic E-state index is 9.40. The lowest BCUT2D eigenvalue weighted by Crippen LogP contribution is -2.46. The lowest BCUT2D eigenvalue weighted by Gasteiger charge is -2.33. The number of ether oxygens (including phenoxy) is 1. The highest BCUT2D eigenvalue weighted by molar-refractivity contribution is 5.51. The molecule has 2 aromatic rings. The molecule has 0 radical (unpaired) electrons. The van der Waals surface area contributed by atoms with Gasteiger partial charge in [-0.25, -0.2) is 0 Å². The van der Waals surface area contributed by atoms with Gasteiger partial charge in [0, 0.05) is 26.2 Å². The van der Waals surface area contributed by atoms with E-state index in [-0.39, 0.29) is 0 Å². The molecule has 0 unspecified atom stereocenters. The number of piperazine rings is 1. The highest BCUT2D eigenvalue weighted by Crippen LogP contribution is 2.20. The molecule has 0 spiro atoms. The lowest BCUT2D eigenvalue weighted by atomic mass is 10.3. The van der Waals surface area contributed by atoms with Crippen molar-refractivity contribution in [3.05, 3.63) is 30.0 Å². The molecule has 1 aliphatic rings. The highest BCUT2D eigenvalue weighted by Gasteiger charge is 2.22. The summed E-state index contributed by atoms with van der Waals surface area (Å²) in [7, 11) is 0. The molecule has 1 aromatic heterocycles. The first-order valence-corrected chi connectivity index (χ1v) is 8.33. The van der Waals surface area contributed by atoms with Crippen LogP contribution in [-0.2, 0) is 0 Å². The quantitative estimate of drug-likeness (QED) is 0.832. The minimum atomic E-state index is 0.369. The van der Waals surface area contributed by atoms with Gasteiger partial charge in [-0.3, -0.25) is 0 Å². The normalized spacial score (nSPS) is 15.3. The zero-order chi connectivity index (χ0) is 16.9. The van der Waals surface area contributed by atoms with Crippen LogP contribution < -0.4 is 9.64 Å². The SMILES string of the molecule is CCOc1ccc(-n2nc(C#N)c(N3CCN(CC)CC3)n2)cc1. The van der Waals surface area contributed by atoms with Gasteiger partial charge in [0.15, 0.2) is 5.82 Å². The zero-order valence-electron chi connectivity index (χ0n) is 14.1. The molecular weight excluding hydrogens is 304 g/mol. The van der Waals surface area contributed by atoms with Crippen LogP contribution in [0.1, 0.15) is 19.5 Å². The Bertz CT molecular complexity index is 710. The average Bonchev–Trinajstić information content (AvgIpc) is 3.07. The van der Waals surface area contributed by atoms with Gasteiger partial charge in [0.25, 0.3) is 0 Å². The second-order valence-electron chi connectivity index (χ2n) is 5.62. The molecule has 0 saturated carbocycles. The number of hydrogen-bond acceptors (Lipinski definition) is 6. The summed E-state index contributed by atoms with van der Waals surface area (Å²) in [5, 5.41) is 18.3. The molecular formula is C17H22N6O. The van der Waals surface area contributed by atoms with Crippen LogP contribution in [0.4, 0.5) is 5.82 Å². The molecule has 0 aliphatic carbocycles. The van der Waals surface area contributed by atoms with Gasteiger partial charge < -0.3 is 14.5 Å². The van der Waals surface area contributed by atoms with E-state index in [1.54, 1.807) is 0 Å². The van der Waals surface area contributed by atoms with Crippen molar-refractivity contribution in [2.24, 2.45) is 0 Å². The summed E-state index contributed by atoms with van der Waals surface area (Å²) in [5.41, 5.74) is 1.18. The van der Waals surface area contributed by atoms with Crippen LogP contribution in [-0.4, -0.2) is 59.2 Å². The molecule has 0 N–H and O–H groups in total. The minimum Gasteiger partial charge on any atom is -0.494 e. The molecule has 7 heteroatoms. The van der Waals surface area contributed by atoms with E-state index in [1.165, 1.54) is 4.80 Å². The largest absolute Gasteiger partial charge is 0.494 e. The minimum absolute atomic E-state index is 0.369. The van der Waals surface area contributed by atoms with Crippen LogP contribution in [0.5, 0.6) is 5.75 Å². The van der Waals surface area contributed by atoms with Crippen LogP contribution in [0.15, 0.2) is 24.3 Å². The number of hydrogen-bond donors (Lipinski definition) is 0. The van der Waals surface area contributed by atoms with Crippen LogP contribution in [0.2, 0.25) is 0 Å². The Kier molecular flexibility index (Phi) is 4.96.